The Hall–Kier alpha value is -1.87. The molecule has 110 valence electrons. The summed E-state index contributed by atoms with van der Waals surface area (Å²) in [7, 11) is 1.67. The summed E-state index contributed by atoms with van der Waals surface area (Å²) >= 11 is 6.36. The maximum atomic E-state index is 6.36. The van der Waals surface area contributed by atoms with Crippen molar-refractivity contribution in [2.75, 3.05) is 18.7 Å². The second-order valence-electron chi connectivity index (χ2n) is 5.28. The third kappa shape index (κ3) is 2.54. The van der Waals surface area contributed by atoms with Crippen LogP contribution in [-0.4, -0.2) is 13.8 Å². The number of halogens is 1. The molecule has 21 heavy (non-hydrogen) atoms. The SMILES string of the molecule is COc1cccc(N2COc3cc(C)c(Cl)c(C)c3C2)c1. The van der Waals surface area contributed by atoms with Gasteiger partial charge >= 0.3 is 0 Å². The summed E-state index contributed by atoms with van der Waals surface area (Å²) in [4.78, 5) is 2.17. The summed E-state index contributed by atoms with van der Waals surface area (Å²) < 4.78 is 11.2. The third-order valence-electron chi connectivity index (χ3n) is 3.92. The molecular weight excluding hydrogens is 286 g/mol. The molecule has 0 spiro atoms. The Morgan fingerprint density at radius 1 is 1.24 bits per heavy atom. The van der Waals surface area contributed by atoms with Gasteiger partial charge in [-0.25, -0.2) is 0 Å². The molecule has 0 saturated carbocycles. The quantitative estimate of drug-likeness (QED) is 0.824. The Labute approximate surface area is 130 Å². The minimum Gasteiger partial charge on any atom is -0.497 e. The van der Waals surface area contributed by atoms with E-state index in [0.717, 1.165) is 45.4 Å². The van der Waals surface area contributed by atoms with Gasteiger partial charge in [-0.15, -0.1) is 0 Å². The van der Waals surface area contributed by atoms with Crippen LogP contribution in [-0.2, 0) is 6.54 Å². The van der Waals surface area contributed by atoms with E-state index in [0.29, 0.717) is 6.73 Å². The highest BCUT2D eigenvalue weighted by molar-refractivity contribution is 6.32. The molecule has 3 nitrogen and oxygen atoms in total. The lowest BCUT2D eigenvalue weighted by molar-refractivity contribution is 0.288. The zero-order valence-corrected chi connectivity index (χ0v) is 13.2. The number of hydrogen-bond donors (Lipinski definition) is 0. The van der Waals surface area contributed by atoms with Crippen molar-refractivity contribution in [3.63, 3.8) is 0 Å². The van der Waals surface area contributed by atoms with Gasteiger partial charge in [0.1, 0.15) is 11.5 Å². The van der Waals surface area contributed by atoms with Gasteiger partial charge in [0.25, 0.3) is 0 Å². The van der Waals surface area contributed by atoms with Crippen molar-refractivity contribution in [1.82, 2.24) is 0 Å². The first kappa shape index (κ1) is 14.1. The van der Waals surface area contributed by atoms with E-state index >= 15 is 0 Å². The minimum absolute atomic E-state index is 0.528. The molecule has 0 bridgehead atoms. The van der Waals surface area contributed by atoms with E-state index in [9.17, 15) is 0 Å². The van der Waals surface area contributed by atoms with Crippen LogP contribution >= 0.6 is 11.6 Å². The molecule has 0 aromatic heterocycles. The minimum atomic E-state index is 0.528. The van der Waals surface area contributed by atoms with E-state index < -0.39 is 0 Å². The van der Waals surface area contributed by atoms with Crippen molar-refractivity contribution in [3.05, 3.63) is 52.0 Å². The lowest BCUT2D eigenvalue weighted by Gasteiger charge is -2.32. The molecule has 0 fully saturated rings. The Balaban J connectivity index is 1.95. The molecule has 0 unspecified atom stereocenters. The maximum Gasteiger partial charge on any atom is 0.161 e. The smallest absolute Gasteiger partial charge is 0.161 e. The van der Waals surface area contributed by atoms with Gasteiger partial charge in [0.2, 0.25) is 0 Å². The number of aryl methyl sites for hydroxylation is 1. The molecule has 0 radical (unpaired) electrons. The average molecular weight is 304 g/mol. The summed E-state index contributed by atoms with van der Waals surface area (Å²) in [5.74, 6) is 1.78. The Morgan fingerprint density at radius 2 is 2.05 bits per heavy atom. The highest BCUT2D eigenvalue weighted by Crippen LogP contribution is 2.36. The maximum absolute atomic E-state index is 6.36. The molecule has 0 saturated heterocycles. The molecular formula is C17H18ClNO2. The van der Waals surface area contributed by atoms with Gasteiger partial charge < -0.3 is 14.4 Å². The second-order valence-corrected chi connectivity index (χ2v) is 5.66. The van der Waals surface area contributed by atoms with E-state index in [-0.39, 0.29) is 0 Å². The summed E-state index contributed by atoms with van der Waals surface area (Å²) in [6.45, 7) is 5.37. The van der Waals surface area contributed by atoms with Crippen LogP contribution in [0.3, 0.4) is 0 Å². The van der Waals surface area contributed by atoms with E-state index in [2.05, 4.69) is 11.0 Å². The van der Waals surface area contributed by atoms with Gasteiger partial charge in [-0.1, -0.05) is 17.7 Å². The van der Waals surface area contributed by atoms with Gasteiger partial charge in [-0.3, -0.25) is 0 Å². The van der Waals surface area contributed by atoms with Crippen LogP contribution in [0.4, 0.5) is 5.69 Å². The van der Waals surface area contributed by atoms with Crippen LogP contribution in [0, 0.1) is 13.8 Å². The van der Waals surface area contributed by atoms with Gasteiger partial charge in [0, 0.05) is 22.3 Å². The molecule has 0 amide bonds. The third-order valence-corrected chi connectivity index (χ3v) is 4.50. The van der Waals surface area contributed by atoms with Gasteiger partial charge in [-0.05, 0) is 43.2 Å². The molecule has 1 aliphatic rings. The highest BCUT2D eigenvalue weighted by Gasteiger charge is 2.22. The van der Waals surface area contributed by atoms with Crippen molar-refractivity contribution in [2.24, 2.45) is 0 Å². The Morgan fingerprint density at radius 3 is 2.81 bits per heavy atom. The molecule has 2 aromatic rings. The van der Waals surface area contributed by atoms with E-state index in [4.69, 9.17) is 21.1 Å². The molecule has 0 N–H and O–H groups in total. The van der Waals surface area contributed by atoms with Crippen molar-refractivity contribution in [3.8, 4) is 11.5 Å². The van der Waals surface area contributed by atoms with Gasteiger partial charge in [-0.2, -0.15) is 0 Å². The monoisotopic (exact) mass is 303 g/mol. The molecule has 0 aliphatic carbocycles. The lowest BCUT2D eigenvalue weighted by Crippen LogP contribution is -2.32. The normalized spacial score (nSPS) is 13.6. The average Bonchev–Trinajstić information content (AvgIpc) is 2.52. The van der Waals surface area contributed by atoms with Crippen molar-refractivity contribution in [2.45, 2.75) is 20.4 Å². The van der Waals surface area contributed by atoms with Crippen LogP contribution < -0.4 is 14.4 Å². The predicted molar refractivity (Wildman–Crippen MR) is 85.6 cm³/mol. The molecule has 4 heteroatoms. The topological polar surface area (TPSA) is 21.7 Å². The summed E-state index contributed by atoms with van der Waals surface area (Å²) in [5.41, 5.74) is 4.39. The lowest BCUT2D eigenvalue weighted by atomic mass is 10.0. The van der Waals surface area contributed by atoms with Crippen molar-refractivity contribution >= 4 is 17.3 Å². The van der Waals surface area contributed by atoms with Gasteiger partial charge in [0.05, 0.1) is 13.7 Å². The summed E-state index contributed by atoms with van der Waals surface area (Å²) in [5, 5.41) is 0.824. The predicted octanol–water partition coefficient (Wildman–Crippen LogP) is 4.32. The number of nitrogens with zero attached hydrogens (tertiary/aromatic N) is 1. The van der Waals surface area contributed by atoms with Crippen molar-refractivity contribution < 1.29 is 9.47 Å². The summed E-state index contributed by atoms with van der Waals surface area (Å²) in [6.07, 6.45) is 0. The number of fused-ring (bicyclic) bond motifs is 1. The molecule has 3 rings (SSSR count). The largest absolute Gasteiger partial charge is 0.497 e. The number of benzene rings is 2. The van der Waals surface area contributed by atoms with Crippen LogP contribution in [0.1, 0.15) is 16.7 Å². The van der Waals surface area contributed by atoms with Gasteiger partial charge in [0.15, 0.2) is 6.73 Å². The first-order chi connectivity index (χ1) is 10.1. The number of ether oxygens (including phenoxy) is 2. The van der Waals surface area contributed by atoms with E-state index in [1.807, 2.05) is 38.1 Å². The molecule has 1 aliphatic heterocycles. The van der Waals surface area contributed by atoms with Crippen LogP contribution in [0.5, 0.6) is 11.5 Å². The number of hydrogen-bond acceptors (Lipinski definition) is 3. The standard InChI is InChI=1S/C17H18ClNO2/c1-11-7-16-15(12(2)17(11)18)9-19(10-21-16)13-5-4-6-14(8-13)20-3/h4-8H,9-10H2,1-3H3. The second kappa shape index (κ2) is 5.49. The highest BCUT2D eigenvalue weighted by atomic mass is 35.5. The fourth-order valence-electron chi connectivity index (χ4n) is 2.64. The Bertz CT molecular complexity index is 685. The Kier molecular flexibility index (Phi) is 3.68. The fraction of sp³-hybridized carbons (Fsp3) is 0.294. The fourth-order valence-corrected chi connectivity index (χ4v) is 2.81. The summed E-state index contributed by atoms with van der Waals surface area (Å²) in [6, 6.07) is 10.0. The number of methoxy groups -OCH3 is 1. The first-order valence-electron chi connectivity index (χ1n) is 6.90. The molecule has 1 heterocycles. The first-order valence-corrected chi connectivity index (χ1v) is 7.28. The van der Waals surface area contributed by atoms with Crippen LogP contribution in [0.25, 0.3) is 0 Å². The zero-order chi connectivity index (χ0) is 15.0. The van der Waals surface area contributed by atoms with Crippen LogP contribution in [0.15, 0.2) is 30.3 Å². The number of anilines is 1. The zero-order valence-electron chi connectivity index (χ0n) is 12.4. The molecule has 0 atom stereocenters. The number of rotatable bonds is 2. The van der Waals surface area contributed by atoms with Crippen molar-refractivity contribution in [1.29, 1.82) is 0 Å². The molecule has 2 aromatic carbocycles. The van der Waals surface area contributed by atoms with E-state index in [1.54, 1.807) is 7.11 Å². The van der Waals surface area contributed by atoms with E-state index in [1.165, 1.54) is 0 Å². The van der Waals surface area contributed by atoms with Crippen LogP contribution in [0.2, 0.25) is 5.02 Å².